The highest BCUT2D eigenvalue weighted by atomic mass is 32.2. The highest BCUT2D eigenvalue weighted by Crippen LogP contribution is 2.62. The monoisotopic (exact) mass is 395 g/mol. The molecule has 1 aromatic carbocycles. The van der Waals surface area contributed by atoms with Crippen LogP contribution >= 0.6 is 0 Å². The molecule has 0 heterocycles. The Balaban J connectivity index is 1.75. The Morgan fingerprint density at radius 1 is 1.19 bits per heavy atom. The SMILES string of the molecule is CN(C)S(=O)(=O)Oc1cc(O)cc2c1[C@H]1CC[C@]3(C)[C@@H](O)CC[C@H]3[C@H]1CC2. The molecule has 4 rings (SSSR count). The molecule has 0 unspecified atom stereocenters. The van der Waals surface area contributed by atoms with Crippen molar-refractivity contribution in [1.29, 1.82) is 0 Å². The number of phenols is 1. The van der Waals surface area contributed by atoms with Gasteiger partial charge in [0.2, 0.25) is 0 Å². The maximum absolute atomic E-state index is 12.3. The van der Waals surface area contributed by atoms with Crippen LogP contribution < -0.4 is 4.18 Å². The van der Waals surface area contributed by atoms with Crippen molar-refractivity contribution in [2.75, 3.05) is 14.1 Å². The number of aliphatic hydroxyl groups is 1. The summed E-state index contributed by atoms with van der Waals surface area (Å²) in [6, 6.07) is 3.18. The number of aromatic hydroxyl groups is 1. The van der Waals surface area contributed by atoms with Gasteiger partial charge in [-0.2, -0.15) is 12.7 Å². The Labute approximate surface area is 161 Å². The molecule has 0 amide bonds. The minimum absolute atomic E-state index is 0.0353. The van der Waals surface area contributed by atoms with Crippen molar-refractivity contribution in [2.24, 2.45) is 17.3 Å². The number of hydrogen-bond donors (Lipinski definition) is 2. The molecule has 0 aliphatic heterocycles. The Bertz CT molecular complexity index is 852. The van der Waals surface area contributed by atoms with Gasteiger partial charge in [-0.1, -0.05) is 6.92 Å². The lowest BCUT2D eigenvalue weighted by Crippen LogP contribution is -2.44. The molecule has 6 nitrogen and oxygen atoms in total. The van der Waals surface area contributed by atoms with E-state index in [4.69, 9.17) is 4.18 Å². The highest BCUT2D eigenvalue weighted by molar-refractivity contribution is 7.84. The van der Waals surface area contributed by atoms with E-state index < -0.39 is 10.3 Å². The van der Waals surface area contributed by atoms with Crippen molar-refractivity contribution in [3.8, 4) is 11.5 Å². The Kier molecular flexibility index (Phi) is 4.48. The number of benzene rings is 1. The molecule has 2 fully saturated rings. The molecule has 27 heavy (non-hydrogen) atoms. The second-order valence-corrected chi connectivity index (χ2v) is 10.6. The van der Waals surface area contributed by atoms with Gasteiger partial charge in [-0.3, -0.25) is 0 Å². The fraction of sp³-hybridized carbons (Fsp3) is 0.700. The predicted molar refractivity (Wildman–Crippen MR) is 102 cm³/mol. The van der Waals surface area contributed by atoms with Crippen LogP contribution in [0.1, 0.15) is 56.1 Å². The normalized spacial score (nSPS) is 35.4. The summed E-state index contributed by atoms with van der Waals surface area (Å²) in [4.78, 5) is 0. The van der Waals surface area contributed by atoms with E-state index in [2.05, 4.69) is 6.92 Å². The van der Waals surface area contributed by atoms with Gasteiger partial charge in [0.1, 0.15) is 5.75 Å². The molecule has 1 aromatic rings. The van der Waals surface area contributed by atoms with Gasteiger partial charge in [0, 0.05) is 25.7 Å². The number of phenolic OH excluding ortho intramolecular Hbond substituents is 1. The van der Waals surface area contributed by atoms with Crippen LogP contribution in [-0.4, -0.2) is 43.1 Å². The maximum Gasteiger partial charge on any atom is 0.384 e. The summed E-state index contributed by atoms with van der Waals surface area (Å²) in [5.41, 5.74) is 1.90. The molecule has 2 N–H and O–H groups in total. The minimum Gasteiger partial charge on any atom is -0.508 e. The standard InChI is InChI=1S/C20H29NO5S/c1-20-9-8-15-14(16(20)6-7-18(20)23)5-4-12-10-13(22)11-17(19(12)15)26-27(24,25)21(2)3/h10-11,14-16,18,22-23H,4-9H2,1-3H3/t14-,15-,16-,18-,20-/m0/s1. The topological polar surface area (TPSA) is 87.1 Å². The number of aliphatic hydroxyl groups excluding tert-OH is 1. The third-order valence-electron chi connectivity index (χ3n) is 7.36. The van der Waals surface area contributed by atoms with E-state index >= 15 is 0 Å². The van der Waals surface area contributed by atoms with E-state index in [1.807, 2.05) is 0 Å². The van der Waals surface area contributed by atoms with Gasteiger partial charge < -0.3 is 14.4 Å². The summed E-state index contributed by atoms with van der Waals surface area (Å²) < 4.78 is 31.1. The maximum atomic E-state index is 12.3. The third-order valence-corrected chi connectivity index (χ3v) is 8.64. The zero-order valence-corrected chi connectivity index (χ0v) is 17.0. The zero-order valence-electron chi connectivity index (χ0n) is 16.2. The molecule has 0 aromatic heterocycles. The summed E-state index contributed by atoms with van der Waals surface area (Å²) in [5.74, 6) is 1.38. The van der Waals surface area contributed by atoms with Crippen molar-refractivity contribution in [3.63, 3.8) is 0 Å². The molecular formula is C20H29NO5S. The van der Waals surface area contributed by atoms with Crippen molar-refractivity contribution in [1.82, 2.24) is 4.31 Å². The number of nitrogens with zero attached hydrogens (tertiary/aromatic N) is 1. The van der Waals surface area contributed by atoms with Gasteiger partial charge in [0.25, 0.3) is 0 Å². The summed E-state index contributed by atoms with van der Waals surface area (Å²) in [6.07, 6.45) is 5.28. The van der Waals surface area contributed by atoms with Gasteiger partial charge in [0.05, 0.1) is 6.10 Å². The van der Waals surface area contributed by atoms with E-state index in [1.165, 1.54) is 20.2 Å². The van der Waals surface area contributed by atoms with Gasteiger partial charge in [-0.25, -0.2) is 0 Å². The lowest BCUT2D eigenvalue weighted by Gasteiger charge is -2.50. The van der Waals surface area contributed by atoms with Gasteiger partial charge >= 0.3 is 10.3 Å². The van der Waals surface area contributed by atoms with E-state index in [0.29, 0.717) is 11.8 Å². The molecule has 3 aliphatic rings. The molecule has 0 bridgehead atoms. The van der Waals surface area contributed by atoms with E-state index in [1.54, 1.807) is 6.07 Å². The van der Waals surface area contributed by atoms with Crippen LogP contribution in [0.4, 0.5) is 0 Å². The first kappa shape index (κ1) is 19.0. The molecule has 0 saturated heterocycles. The smallest absolute Gasteiger partial charge is 0.384 e. The van der Waals surface area contributed by atoms with Crippen molar-refractivity contribution in [2.45, 2.75) is 57.5 Å². The van der Waals surface area contributed by atoms with Gasteiger partial charge in [0.15, 0.2) is 5.75 Å². The number of aryl methyl sites for hydroxylation is 1. The molecular weight excluding hydrogens is 366 g/mol. The first-order chi connectivity index (χ1) is 12.6. The van der Waals surface area contributed by atoms with E-state index in [0.717, 1.165) is 54.0 Å². The Hall–Kier alpha value is -1.31. The second-order valence-electron chi connectivity index (χ2n) is 8.89. The summed E-state index contributed by atoms with van der Waals surface area (Å²) in [6.45, 7) is 2.21. The first-order valence-electron chi connectivity index (χ1n) is 9.79. The average molecular weight is 396 g/mol. The van der Waals surface area contributed by atoms with Crippen molar-refractivity contribution < 1.29 is 22.8 Å². The van der Waals surface area contributed by atoms with Crippen molar-refractivity contribution in [3.05, 3.63) is 23.3 Å². The molecule has 3 aliphatic carbocycles. The summed E-state index contributed by atoms with van der Waals surface area (Å²) in [5, 5.41) is 20.6. The van der Waals surface area contributed by atoms with Crippen LogP contribution in [0.2, 0.25) is 0 Å². The fourth-order valence-corrected chi connectivity index (χ4v) is 6.41. The van der Waals surface area contributed by atoms with Crippen LogP contribution in [-0.2, 0) is 16.7 Å². The van der Waals surface area contributed by atoms with E-state index in [-0.39, 0.29) is 28.9 Å². The molecule has 5 atom stereocenters. The molecule has 150 valence electrons. The minimum atomic E-state index is -3.90. The van der Waals surface area contributed by atoms with Crippen molar-refractivity contribution >= 4 is 10.3 Å². The third kappa shape index (κ3) is 2.95. The number of rotatable bonds is 3. The van der Waals surface area contributed by atoms with Crippen LogP contribution in [0.25, 0.3) is 0 Å². The molecule has 0 spiro atoms. The summed E-state index contributed by atoms with van der Waals surface area (Å²) >= 11 is 0. The molecule has 0 radical (unpaired) electrons. The lowest BCUT2D eigenvalue weighted by molar-refractivity contribution is -0.0228. The Morgan fingerprint density at radius 2 is 1.93 bits per heavy atom. The number of hydrogen-bond acceptors (Lipinski definition) is 5. The average Bonchev–Trinajstić information content (AvgIpc) is 2.89. The first-order valence-corrected chi connectivity index (χ1v) is 11.2. The largest absolute Gasteiger partial charge is 0.508 e. The predicted octanol–water partition coefficient (Wildman–Crippen LogP) is 2.79. The quantitative estimate of drug-likeness (QED) is 0.822. The molecule has 2 saturated carbocycles. The Morgan fingerprint density at radius 3 is 2.63 bits per heavy atom. The molecule has 7 heteroatoms. The van der Waals surface area contributed by atoms with Gasteiger partial charge in [-0.15, -0.1) is 0 Å². The highest BCUT2D eigenvalue weighted by Gasteiger charge is 2.55. The van der Waals surface area contributed by atoms with Gasteiger partial charge in [-0.05, 0) is 73.3 Å². The fourth-order valence-electron chi connectivity index (χ4n) is 5.90. The van der Waals surface area contributed by atoms with Crippen LogP contribution in [0.3, 0.4) is 0 Å². The van der Waals surface area contributed by atoms with Crippen LogP contribution in [0.5, 0.6) is 11.5 Å². The lowest BCUT2D eigenvalue weighted by atomic mass is 9.55. The van der Waals surface area contributed by atoms with E-state index in [9.17, 15) is 18.6 Å². The van der Waals surface area contributed by atoms with Crippen LogP contribution in [0, 0.1) is 17.3 Å². The van der Waals surface area contributed by atoms with Crippen LogP contribution in [0.15, 0.2) is 12.1 Å². The second kappa shape index (κ2) is 6.36. The summed E-state index contributed by atoms with van der Waals surface area (Å²) in [7, 11) is -1.04. The number of fused-ring (bicyclic) bond motifs is 5. The zero-order chi connectivity index (χ0) is 19.6.